The van der Waals surface area contributed by atoms with E-state index in [4.69, 9.17) is 23.8 Å². The summed E-state index contributed by atoms with van der Waals surface area (Å²) in [4.78, 5) is 15.0. The average Bonchev–Trinajstić information content (AvgIpc) is 4.10. The number of hydrogen-bond acceptors (Lipinski definition) is 5. The van der Waals surface area contributed by atoms with Gasteiger partial charge in [-0.25, -0.2) is 15.0 Å². The minimum atomic E-state index is 0.576. The van der Waals surface area contributed by atoms with Crippen LogP contribution in [-0.2, 0) is 0 Å². The van der Waals surface area contributed by atoms with Gasteiger partial charge in [-0.2, -0.15) is 0 Å². The monoisotopic (exact) mass is 882 g/mol. The highest BCUT2D eigenvalue weighted by Crippen LogP contribution is 2.42. The number of fused-ring (bicyclic) bond motifs is 9. The molecule has 0 atom stereocenters. The van der Waals surface area contributed by atoms with Crippen molar-refractivity contribution in [2.24, 2.45) is 0 Å². The molecule has 14 aromatic rings. The van der Waals surface area contributed by atoms with Gasteiger partial charge in [0.1, 0.15) is 22.3 Å². The molecule has 6 nitrogen and oxygen atoms in total. The van der Waals surface area contributed by atoms with Crippen LogP contribution in [-0.4, -0.2) is 19.5 Å². The zero-order valence-electron chi connectivity index (χ0n) is 37.0. The Balaban J connectivity index is 0.853. The quantitative estimate of drug-likeness (QED) is 0.159. The fraction of sp³-hybridized carbons (Fsp3) is 0. The molecule has 322 valence electrons. The minimum Gasteiger partial charge on any atom is -0.456 e. The minimum absolute atomic E-state index is 0.576. The molecule has 0 spiro atoms. The molecule has 0 aliphatic carbocycles. The highest BCUT2D eigenvalue weighted by atomic mass is 16.3. The van der Waals surface area contributed by atoms with Gasteiger partial charge in [0.25, 0.3) is 0 Å². The third-order valence-electron chi connectivity index (χ3n) is 13.5. The molecule has 0 bridgehead atoms. The predicted octanol–water partition coefficient (Wildman–Crippen LogP) is 16.8. The van der Waals surface area contributed by atoms with Crippen molar-refractivity contribution in [3.05, 3.63) is 231 Å². The van der Waals surface area contributed by atoms with Gasteiger partial charge in [-0.1, -0.05) is 164 Å². The van der Waals surface area contributed by atoms with E-state index in [1.807, 2.05) is 42.5 Å². The molecular formula is C63H38N4O2. The molecule has 0 aliphatic rings. The maximum atomic E-state index is 6.59. The summed E-state index contributed by atoms with van der Waals surface area (Å²) in [5.74, 6) is 1.79. The molecule has 4 heterocycles. The molecule has 0 aliphatic heterocycles. The van der Waals surface area contributed by atoms with Gasteiger partial charge in [0.15, 0.2) is 17.5 Å². The van der Waals surface area contributed by atoms with Gasteiger partial charge in [-0.15, -0.1) is 0 Å². The Morgan fingerprint density at radius 3 is 1.46 bits per heavy atom. The van der Waals surface area contributed by atoms with Crippen LogP contribution in [0.3, 0.4) is 0 Å². The molecule has 0 N–H and O–H groups in total. The summed E-state index contributed by atoms with van der Waals surface area (Å²) in [5.41, 5.74) is 16.2. The van der Waals surface area contributed by atoms with Crippen molar-refractivity contribution >= 4 is 65.7 Å². The Morgan fingerprint density at radius 1 is 0.261 bits per heavy atom. The van der Waals surface area contributed by atoms with Crippen LogP contribution in [0.2, 0.25) is 0 Å². The second kappa shape index (κ2) is 15.6. The lowest BCUT2D eigenvalue weighted by Crippen LogP contribution is -2.00. The Kier molecular flexibility index (Phi) is 8.79. The van der Waals surface area contributed by atoms with Crippen molar-refractivity contribution < 1.29 is 8.83 Å². The molecule has 0 fully saturated rings. The number of aromatic nitrogens is 4. The summed E-state index contributed by atoms with van der Waals surface area (Å²) in [5, 5.41) is 6.61. The van der Waals surface area contributed by atoms with E-state index in [0.717, 1.165) is 99.5 Å². The lowest BCUT2D eigenvalue weighted by molar-refractivity contribution is 0.668. The third kappa shape index (κ3) is 6.53. The summed E-state index contributed by atoms with van der Waals surface area (Å²) >= 11 is 0. The highest BCUT2D eigenvalue weighted by molar-refractivity contribution is 6.16. The SMILES string of the molecule is c1ccc(-c2ccc(-c3nc(-c4ccccc4)nc(-c4ccc5c(c4)oc4ccc(-c6ccc7oc8cccc(-n9c%10ccccc%10c%10cc(-c%11ccccc%11)ccc%109)c8c7c6)cc45)n3)cc2)cc1. The van der Waals surface area contributed by atoms with Crippen LogP contribution in [0.1, 0.15) is 0 Å². The molecule has 6 heteroatoms. The van der Waals surface area contributed by atoms with E-state index in [1.165, 1.54) is 21.9 Å². The molecule has 0 saturated heterocycles. The van der Waals surface area contributed by atoms with Crippen molar-refractivity contribution in [2.75, 3.05) is 0 Å². The van der Waals surface area contributed by atoms with Gasteiger partial charge in [-0.3, -0.25) is 0 Å². The number of benzene rings is 10. The Labute approximate surface area is 396 Å². The first-order valence-corrected chi connectivity index (χ1v) is 23.2. The van der Waals surface area contributed by atoms with E-state index in [2.05, 4.69) is 193 Å². The van der Waals surface area contributed by atoms with Crippen LogP contribution >= 0.6 is 0 Å². The van der Waals surface area contributed by atoms with Crippen LogP contribution in [0.15, 0.2) is 239 Å². The third-order valence-corrected chi connectivity index (χ3v) is 13.5. The molecule has 0 radical (unpaired) electrons. The van der Waals surface area contributed by atoms with Crippen molar-refractivity contribution in [1.29, 1.82) is 0 Å². The number of nitrogens with zero attached hydrogens (tertiary/aromatic N) is 4. The van der Waals surface area contributed by atoms with E-state index >= 15 is 0 Å². The van der Waals surface area contributed by atoms with E-state index in [9.17, 15) is 0 Å². The number of para-hydroxylation sites is 1. The second-order valence-corrected chi connectivity index (χ2v) is 17.6. The first-order chi connectivity index (χ1) is 34.2. The largest absolute Gasteiger partial charge is 0.456 e. The average molecular weight is 883 g/mol. The summed E-state index contributed by atoms with van der Waals surface area (Å²) < 4.78 is 15.6. The topological polar surface area (TPSA) is 69.9 Å². The second-order valence-electron chi connectivity index (χ2n) is 17.6. The van der Waals surface area contributed by atoms with E-state index < -0.39 is 0 Å². The van der Waals surface area contributed by atoms with Crippen molar-refractivity contribution in [3.8, 4) is 73.2 Å². The number of rotatable bonds is 7. The Hall–Kier alpha value is -9.39. The molecule has 10 aromatic carbocycles. The lowest BCUT2D eigenvalue weighted by atomic mass is 10.00. The summed E-state index contributed by atoms with van der Waals surface area (Å²) in [7, 11) is 0. The normalized spacial score (nSPS) is 11.8. The van der Waals surface area contributed by atoms with Gasteiger partial charge < -0.3 is 13.4 Å². The standard InChI is InChI=1S/C63H38N4O2/c1-4-13-39(14-5-1)41-23-25-43(26-24-41)62-64-61(42-17-8-3-9-18-42)65-63(66-62)47-27-31-49-51-36-45(29-33-56(51)69-59(49)38-47)46-30-34-57-52(37-46)60-55(21-12-22-58(60)68-57)67-53-20-11-10-19-48(53)50-35-44(28-32-54(50)67)40-15-6-2-7-16-40/h1-38H. The molecule has 0 amide bonds. The smallest absolute Gasteiger partial charge is 0.164 e. The lowest BCUT2D eigenvalue weighted by Gasteiger charge is -2.10. The predicted molar refractivity (Wildman–Crippen MR) is 281 cm³/mol. The first-order valence-electron chi connectivity index (χ1n) is 23.2. The highest BCUT2D eigenvalue weighted by Gasteiger charge is 2.20. The van der Waals surface area contributed by atoms with Crippen LogP contribution in [0.4, 0.5) is 0 Å². The maximum Gasteiger partial charge on any atom is 0.164 e. The maximum absolute atomic E-state index is 6.59. The van der Waals surface area contributed by atoms with Gasteiger partial charge in [0, 0.05) is 43.6 Å². The van der Waals surface area contributed by atoms with Gasteiger partial charge in [-0.05, 0) is 100 Å². The summed E-state index contributed by atoms with van der Waals surface area (Å²) in [6.45, 7) is 0. The number of furan rings is 2. The van der Waals surface area contributed by atoms with Gasteiger partial charge in [0.05, 0.1) is 22.1 Å². The van der Waals surface area contributed by atoms with Crippen molar-refractivity contribution in [2.45, 2.75) is 0 Å². The van der Waals surface area contributed by atoms with Crippen LogP contribution in [0, 0.1) is 0 Å². The zero-order valence-corrected chi connectivity index (χ0v) is 37.0. The van der Waals surface area contributed by atoms with Gasteiger partial charge >= 0.3 is 0 Å². The molecule has 69 heavy (non-hydrogen) atoms. The molecular weight excluding hydrogens is 845 g/mol. The van der Waals surface area contributed by atoms with Crippen LogP contribution < -0.4 is 0 Å². The molecule has 0 unspecified atom stereocenters. The molecule has 14 rings (SSSR count). The van der Waals surface area contributed by atoms with Crippen LogP contribution in [0.25, 0.3) is 139 Å². The van der Waals surface area contributed by atoms with Crippen molar-refractivity contribution in [1.82, 2.24) is 19.5 Å². The van der Waals surface area contributed by atoms with E-state index in [0.29, 0.717) is 17.5 Å². The van der Waals surface area contributed by atoms with E-state index in [-0.39, 0.29) is 0 Å². The Morgan fingerprint density at radius 2 is 0.739 bits per heavy atom. The zero-order chi connectivity index (χ0) is 45.4. The summed E-state index contributed by atoms with van der Waals surface area (Å²) in [6, 6.07) is 80.5. The van der Waals surface area contributed by atoms with Crippen LogP contribution in [0.5, 0.6) is 0 Å². The van der Waals surface area contributed by atoms with Gasteiger partial charge in [0.2, 0.25) is 0 Å². The fourth-order valence-corrected chi connectivity index (χ4v) is 10.1. The molecule has 0 saturated carbocycles. The summed E-state index contributed by atoms with van der Waals surface area (Å²) in [6.07, 6.45) is 0. The first kappa shape index (κ1) is 38.8. The van der Waals surface area contributed by atoms with Crippen molar-refractivity contribution in [3.63, 3.8) is 0 Å². The Bertz CT molecular complexity index is 4290. The molecule has 4 aromatic heterocycles. The van der Waals surface area contributed by atoms with E-state index in [1.54, 1.807) is 0 Å². The fourth-order valence-electron chi connectivity index (χ4n) is 10.1. The number of hydrogen-bond donors (Lipinski definition) is 0.